The van der Waals surface area contributed by atoms with Gasteiger partial charge in [0.05, 0.1) is 26.4 Å². The molecular formula is C25H36N4O2. The van der Waals surface area contributed by atoms with Crippen LogP contribution in [0.15, 0.2) is 53.5 Å². The minimum Gasteiger partial charge on any atom is -0.379 e. The van der Waals surface area contributed by atoms with E-state index in [0.717, 1.165) is 52.0 Å². The van der Waals surface area contributed by atoms with Crippen LogP contribution in [0.25, 0.3) is 0 Å². The SMILES string of the molecule is CCNC(=NCc1ccccc1CN1CCOCC1)NCc1ccccc1COCC. The van der Waals surface area contributed by atoms with Gasteiger partial charge in [-0.05, 0) is 36.1 Å². The van der Waals surface area contributed by atoms with Crippen LogP contribution in [-0.2, 0) is 35.7 Å². The number of hydrogen-bond acceptors (Lipinski definition) is 4. The Labute approximate surface area is 186 Å². The first-order valence-corrected chi connectivity index (χ1v) is 11.3. The maximum atomic E-state index is 5.61. The molecule has 3 rings (SSSR count). The molecule has 0 radical (unpaired) electrons. The van der Waals surface area contributed by atoms with Gasteiger partial charge in [0.1, 0.15) is 0 Å². The van der Waals surface area contributed by atoms with E-state index >= 15 is 0 Å². The van der Waals surface area contributed by atoms with E-state index < -0.39 is 0 Å². The average molecular weight is 425 g/mol. The number of benzene rings is 2. The standard InChI is InChI=1S/C25H36N4O2/c1-3-26-25(28-18-22-10-6-8-12-24(22)20-30-4-2)27-17-21-9-5-7-11-23(21)19-29-13-15-31-16-14-29/h5-12H,3-4,13-20H2,1-2H3,(H2,26,27,28). The molecule has 6 nitrogen and oxygen atoms in total. The maximum absolute atomic E-state index is 5.61. The van der Waals surface area contributed by atoms with Gasteiger partial charge in [-0.15, -0.1) is 0 Å². The number of aliphatic imine (C=N–C) groups is 1. The molecule has 0 bridgehead atoms. The van der Waals surface area contributed by atoms with Gasteiger partial charge in [-0.2, -0.15) is 0 Å². The molecule has 0 unspecified atom stereocenters. The lowest BCUT2D eigenvalue weighted by molar-refractivity contribution is 0.0341. The topological polar surface area (TPSA) is 58.1 Å². The molecule has 31 heavy (non-hydrogen) atoms. The van der Waals surface area contributed by atoms with E-state index in [0.29, 0.717) is 19.7 Å². The quantitative estimate of drug-likeness (QED) is 0.453. The molecule has 2 N–H and O–H groups in total. The fraction of sp³-hybridized carbons (Fsp3) is 0.480. The highest BCUT2D eigenvalue weighted by Crippen LogP contribution is 2.14. The van der Waals surface area contributed by atoms with Gasteiger partial charge in [0, 0.05) is 39.3 Å². The van der Waals surface area contributed by atoms with Crippen molar-refractivity contribution in [3.05, 3.63) is 70.8 Å². The minimum absolute atomic E-state index is 0.636. The molecule has 0 aromatic heterocycles. The molecule has 1 aliphatic heterocycles. The molecule has 0 saturated carbocycles. The van der Waals surface area contributed by atoms with Crippen LogP contribution in [0, 0.1) is 0 Å². The molecule has 1 fully saturated rings. The fourth-order valence-electron chi connectivity index (χ4n) is 3.63. The number of guanidine groups is 1. The van der Waals surface area contributed by atoms with Gasteiger partial charge in [0.25, 0.3) is 0 Å². The van der Waals surface area contributed by atoms with Crippen molar-refractivity contribution in [2.75, 3.05) is 39.5 Å². The molecule has 0 amide bonds. The Morgan fingerprint density at radius 1 is 0.935 bits per heavy atom. The minimum atomic E-state index is 0.636. The number of morpholine rings is 1. The Morgan fingerprint density at radius 3 is 2.32 bits per heavy atom. The van der Waals surface area contributed by atoms with E-state index in [9.17, 15) is 0 Å². The van der Waals surface area contributed by atoms with Crippen LogP contribution in [-0.4, -0.2) is 50.3 Å². The Hall–Kier alpha value is -2.41. The lowest BCUT2D eigenvalue weighted by Gasteiger charge is -2.27. The van der Waals surface area contributed by atoms with Gasteiger partial charge >= 0.3 is 0 Å². The van der Waals surface area contributed by atoms with E-state index in [1.165, 1.54) is 22.3 Å². The molecule has 0 atom stereocenters. The van der Waals surface area contributed by atoms with E-state index in [-0.39, 0.29) is 0 Å². The molecule has 1 heterocycles. The van der Waals surface area contributed by atoms with Gasteiger partial charge in [0.2, 0.25) is 0 Å². The van der Waals surface area contributed by atoms with Gasteiger partial charge < -0.3 is 20.1 Å². The van der Waals surface area contributed by atoms with Crippen LogP contribution in [0.5, 0.6) is 0 Å². The first kappa shape index (κ1) is 23.3. The van der Waals surface area contributed by atoms with Crippen molar-refractivity contribution in [1.82, 2.24) is 15.5 Å². The summed E-state index contributed by atoms with van der Waals surface area (Å²) in [5.41, 5.74) is 5.05. The molecule has 0 spiro atoms. The van der Waals surface area contributed by atoms with Crippen LogP contribution in [0.1, 0.15) is 36.1 Å². The zero-order chi connectivity index (χ0) is 21.7. The Morgan fingerprint density at radius 2 is 1.61 bits per heavy atom. The summed E-state index contributed by atoms with van der Waals surface area (Å²) in [5.74, 6) is 0.829. The number of rotatable bonds is 10. The Kier molecular flexibility index (Phi) is 9.83. The first-order valence-electron chi connectivity index (χ1n) is 11.3. The average Bonchev–Trinajstić information content (AvgIpc) is 2.81. The maximum Gasteiger partial charge on any atom is 0.191 e. The lowest BCUT2D eigenvalue weighted by atomic mass is 10.1. The molecule has 6 heteroatoms. The predicted octanol–water partition coefficient (Wildman–Crippen LogP) is 3.31. The third-order valence-electron chi connectivity index (χ3n) is 5.39. The van der Waals surface area contributed by atoms with Crippen molar-refractivity contribution in [2.45, 2.75) is 40.1 Å². The Bertz CT molecular complexity index is 819. The first-order chi connectivity index (χ1) is 15.3. The molecule has 168 valence electrons. The third kappa shape index (κ3) is 7.65. The second kappa shape index (κ2) is 13.1. The van der Waals surface area contributed by atoms with Crippen LogP contribution >= 0.6 is 0 Å². The predicted molar refractivity (Wildman–Crippen MR) is 126 cm³/mol. The lowest BCUT2D eigenvalue weighted by Crippen LogP contribution is -2.37. The molecule has 1 saturated heterocycles. The van der Waals surface area contributed by atoms with Crippen LogP contribution in [0.4, 0.5) is 0 Å². The summed E-state index contributed by atoms with van der Waals surface area (Å²) in [7, 11) is 0. The largest absolute Gasteiger partial charge is 0.379 e. The van der Waals surface area contributed by atoms with Crippen molar-refractivity contribution < 1.29 is 9.47 Å². The van der Waals surface area contributed by atoms with Crippen molar-refractivity contribution in [3.8, 4) is 0 Å². The summed E-state index contributed by atoms with van der Waals surface area (Å²) in [6.45, 7) is 12.2. The number of ether oxygens (including phenoxy) is 2. The summed E-state index contributed by atoms with van der Waals surface area (Å²) in [6, 6.07) is 17.0. The van der Waals surface area contributed by atoms with Crippen LogP contribution in [0.3, 0.4) is 0 Å². The summed E-state index contributed by atoms with van der Waals surface area (Å²) in [6.07, 6.45) is 0. The summed E-state index contributed by atoms with van der Waals surface area (Å²) in [4.78, 5) is 7.31. The van der Waals surface area contributed by atoms with Gasteiger partial charge in [-0.25, -0.2) is 4.99 Å². The van der Waals surface area contributed by atoms with E-state index in [1.807, 2.05) is 6.92 Å². The summed E-state index contributed by atoms with van der Waals surface area (Å²) >= 11 is 0. The monoisotopic (exact) mass is 424 g/mol. The van der Waals surface area contributed by atoms with Crippen molar-refractivity contribution in [2.24, 2.45) is 4.99 Å². The van der Waals surface area contributed by atoms with Crippen LogP contribution in [0.2, 0.25) is 0 Å². The number of nitrogens with one attached hydrogen (secondary N) is 2. The van der Waals surface area contributed by atoms with Crippen molar-refractivity contribution in [1.29, 1.82) is 0 Å². The van der Waals surface area contributed by atoms with Gasteiger partial charge in [0.15, 0.2) is 5.96 Å². The number of hydrogen-bond donors (Lipinski definition) is 2. The second-order valence-electron chi connectivity index (χ2n) is 7.61. The van der Waals surface area contributed by atoms with Crippen molar-refractivity contribution >= 4 is 5.96 Å². The molecule has 1 aliphatic rings. The summed E-state index contributed by atoms with van der Waals surface area (Å²) in [5, 5.41) is 6.85. The van der Waals surface area contributed by atoms with E-state index in [2.05, 4.69) is 71.0 Å². The smallest absolute Gasteiger partial charge is 0.191 e. The van der Waals surface area contributed by atoms with E-state index in [4.69, 9.17) is 14.5 Å². The number of nitrogens with zero attached hydrogens (tertiary/aromatic N) is 2. The van der Waals surface area contributed by atoms with E-state index in [1.54, 1.807) is 0 Å². The molecule has 0 aliphatic carbocycles. The highest BCUT2D eigenvalue weighted by molar-refractivity contribution is 5.79. The normalized spacial score (nSPS) is 15.1. The van der Waals surface area contributed by atoms with Gasteiger partial charge in [-0.3, -0.25) is 4.90 Å². The molecule has 2 aromatic rings. The zero-order valence-corrected chi connectivity index (χ0v) is 18.9. The van der Waals surface area contributed by atoms with Crippen LogP contribution < -0.4 is 10.6 Å². The fourth-order valence-corrected chi connectivity index (χ4v) is 3.63. The van der Waals surface area contributed by atoms with Gasteiger partial charge in [-0.1, -0.05) is 48.5 Å². The third-order valence-corrected chi connectivity index (χ3v) is 5.39. The zero-order valence-electron chi connectivity index (χ0n) is 18.9. The Balaban J connectivity index is 1.64. The molecule has 2 aromatic carbocycles. The highest BCUT2D eigenvalue weighted by Gasteiger charge is 2.12. The second-order valence-corrected chi connectivity index (χ2v) is 7.61. The molecular weight excluding hydrogens is 388 g/mol. The highest BCUT2D eigenvalue weighted by atomic mass is 16.5. The van der Waals surface area contributed by atoms with Crippen molar-refractivity contribution in [3.63, 3.8) is 0 Å². The summed E-state index contributed by atoms with van der Waals surface area (Å²) < 4.78 is 11.1.